The van der Waals surface area contributed by atoms with E-state index in [2.05, 4.69) is 17.3 Å². The van der Waals surface area contributed by atoms with E-state index in [9.17, 15) is 9.59 Å². The molecule has 0 fully saturated rings. The number of benzene rings is 2. The minimum absolute atomic E-state index is 0.129. The molecule has 0 spiro atoms. The molecule has 154 valence electrons. The van der Waals surface area contributed by atoms with E-state index in [4.69, 9.17) is 4.74 Å². The molecule has 1 N–H and O–H groups in total. The van der Waals surface area contributed by atoms with Crippen LogP contribution in [0.5, 0.6) is 5.75 Å². The van der Waals surface area contributed by atoms with Crippen molar-refractivity contribution in [3.8, 4) is 5.75 Å². The molecule has 1 atom stereocenters. The molecule has 0 aliphatic rings. The van der Waals surface area contributed by atoms with Gasteiger partial charge < -0.3 is 10.1 Å². The molecule has 0 saturated carbocycles. The monoisotopic (exact) mass is 404 g/mol. The van der Waals surface area contributed by atoms with Gasteiger partial charge in [0.25, 0.3) is 5.56 Å². The number of rotatable bonds is 6. The number of aryl methyl sites for hydroxylation is 1. The first-order chi connectivity index (χ1) is 14.5. The maximum absolute atomic E-state index is 13.0. The van der Waals surface area contributed by atoms with Gasteiger partial charge in [0.05, 0.1) is 12.6 Å². The van der Waals surface area contributed by atoms with Crippen molar-refractivity contribution in [1.29, 1.82) is 0 Å². The molecule has 2 aromatic carbocycles. The molecule has 0 saturated heterocycles. The maximum Gasteiger partial charge on any atom is 0.291 e. The summed E-state index contributed by atoms with van der Waals surface area (Å²) < 4.78 is 8.43. The quantitative estimate of drug-likeness (QED) is 0.536. The number of carbonyl (C=O) groups is 1. The van der Waals surface area contributed by atoms with Crippen molar-refractivity contribution in [2.45, 2.75) is 26.3 Å². The van der Waals surface area contributed by atoms with Crippen LogP contribution in [-0.2, 0) is 11.3 Å². The first-order valence-electron chi connectivity index (χ1n) is 9.87. The summed E-state index contributed by atoms with van der Waals surface area (Å²) in [5.74, 6) is 1.24. The molecule has 0 bridgehead atoms. The summed E-state index contributed by atoms with van der Waals surface area (Å²) in [5, 5.41) is 8.11. The summed E-state index contributed by atoms with van der Waals surface area (Å²) in [6, 6.07) is 17.4. The number of amides is 1. The van der Waals surface area contributed by atoms with E-state index >= 15 is 0 Å². The molecule has 0 radical (unpaired) electrons. The molecular weight excluding hydrogens is 380 g/mol. The van der Waals surface area contributed by atoms with Gasteiger partial charge in [-0.05, 0) is 36.6 Å². The Balaban J connectivity index is 1.59. The van der Waals surface area contributed by atoms with E-state index in [-0.39, 0.29) is 23.9 Å². The van der Waals surface area contributed by atoms with Crippen LogP contribution in [0.15, 0.2) is 59.4 Å². The average Bonchev–Trinajstić information content (AvgIpc) is 3.16. The Labute approximate surface area is 173 Å². The summed E-state index contributed by atoms with van der Waals surface area (Å²) in [4.78, 5) is 25.5. The Kier molecular flexibility index (Phi) is 5.27. The zero-order valence-electron chi connectivity index (χ0n) is 17.3. The maximum atomic E-state index is 13.0. The number of methoxy groups -OCH3 is 1. The summed E-state index contributed by atoms with van der Waals surface area (Å²) in [7, 11) is 1.60. The second-order valence-electron chi connectivity index (χ2n) is 7.38. The fourth-order valence-corrected chi connectivity index (χ4v) is 3.75. The minimum Gasteiger partial charge on any atom is -0.496 e. The number of ether oxygens (including phenoxy) is 1. The van der Waals surface area contributed by atoms with E-state index in [0.717, 1.165) is 16.5 Å². The topological polar surface area (TPSA) is 77.6 Å². The Hall–Kier alpha value is -3.61. The van der Waals surface area contributed by atoms with Crippen molar-refractivity contribution in [2.24, 2.45) is 0 Å². The number of hydrogen-bond donors (Lipinski definition) is 1. The van der Waals surface area contributed by atoms with Crippen LogP contribution in [0, 0.1) is 6.92 Å². The fourth-order valence-electron chi connectivity index (χ4n) is 3.75. The van der Waals surface area contributed by atoms with Crippen LogP contribution in [0.3, 0.4) is 0 Å². The Bertz CT molecular complexity index is 1270. The van der Waals surface area contributed by atoms with Crippen LogP contribution < -0.4 is 15.6 Å². The minimum atomic E-state index is -0.315. The third kappa shape index (κ3) is 3.54. The lowest BCUT2D eigenvalue weighted by Crippen LogP contribution is -2.36. The summed E-state index contributed by atoms with van der Waals surface area (Å²) in [5.41, 5.74) is 2.15. The fraction of sp³-hybridized carbons (Fsp3) is 0.261. The number of nitrogens with zero attached hydrogens (tertiary/aromatic N) is 3. The highest BCUT2D eigenvalue weighted by molar-refractivity contribution is 5.92. The first-order valence-corrected chi connectivity index (χ1v) is 9.87. The van der Waals surface area contributed by atoms with Crippen LogP contribution >= 0.6 is 0 Å². The average molecular weight is 404 g/mol. The molecule has 4 aromatic rings. The molecule has 7 nitrogen and oxygen atoms in total. The van der Waals surface area contributed by atoms with E-state index in [1.165, 1.54) is 4.68 Å². The van der Waals surface area contributed by atoms with Crippen LogP contribution in [0.1, 0.15) is 24.2 Å². The van der Waals surface area contributed by atoms with Crippen molar-refractivity contribution >= 4 is 22.3 Å². The van der Waals surface area contributed by atoms with Crippen molar-refractivity contribution in [3.05, 3.63) is 76.3 Å². The van der Waals surface area contributed by atoms with Crippen LogP contribution in [0.4, 0.5) is 0 Å². The lowest BCUT2D eigenvalue weighted by molar-refractivity contribution is -0.121. The molecule has 0 aliphatic carbocycles. The van der Waals surface area contributed by atoms with Gasteiger partial charge in [-0.2, -0.15) is 5.10 Å². The molecule has 1 amide bonds. The second-order valence-corrected chi connectivity index (χ2v) is 7.38. The van der Waals surface area contributed by atoms with Crippen LogP contribution in [-0.4, -0.2) is 33.7 Å². The molecule has 4 rings (SSSR count). The normalized spacial score (nSPS) is 12.2. The molecule has 7 heteroatoms. The summed E-state index contributed by atoms with van der Waals surface area (Å²) in [6.45, 7) is 4.23. The van der Waals surface area contributed by atoms with Gasteiger partial charge in [-0.25, -0.2) is 4.68 Å². The molecule has 2 heterocycles. The van der Waals surface area contributed by atoms with Gasteiger partial charge >= 0.3 is 0 Å². The van der Waals surface area contributed by atoms with E-state index in [0.29, 0.717) is 23.6 Å². The van der Waals surface area contributed by atoms with E-state index in [1.807, 2.05) is 55.5 Å². The predicted molar refractivity (Wildman–Crippen MR) is 116 cm³/mol. The van der Waals surface area contributed by atoms with Gasteiger partial charge in [0.15, 0.2) is 0 Å². The summed E-state index contributed by atoms with van der Waals surface area (Å²) in [6.07, 6.45) is 0. The third-order valence-electron chi connectivity index (χ3n) is 5.34. The van der Waals surface area contributed by atoms with Gasteiger partial charge in [0, 0.05) is 11.9 Å². The van der Waals surface area contributed by atoms with Crippen molar-refractivity contribution in [3.63, 3.8) is 0 Å². The standard InChI is InChI=1S/C23H24N4O3/c1-15(17-8-5-4-6-9-17)13-24-22(28)14-26-23(29)20-12-18-19(27(20)16(2)25-26)10-7-11-21(18)30-3/h4-12,15H,13-14H2,1-3H3,(H,24,28). The van der Waals surface area contributed by atoms with Crippen LogP contribution in [0.25, 0.3) is 16.4 Å². The Morgan fingerprint density at radius 1 is 1.13 bits per heavy atom. The predicted octanol–water partition coefficient (Wildman–Crippen LogP) is 2.89. The number of aromatic nitrogens is 3. The first kappa shape index (κ1) is 19.7. The van der Waals surface area contributed by atoms with E-state index in [1.54, 1.807) is 17.6 Å². The lowest BCUT2D eigenvalue weighted by atomic mass is 10.0. The number of carbonyl (C=O) groups excluding carboxylic acids is 1. The Morgan fingerprint density at radius 2 is 1.90 bits per heavy atom. The molecule has 2 aromatic heterocycles. The van der Waals surface area contributed by atoms with E-state index < -0.39 is 0 Å². The zero-order chi connectivity index (χ0) is 21.3. The number of fused-ring (bicyclic) bond motifs is 3. The number of nitrogens with one attached hydrogen (secondary N) is 1. The van der Waals surface area contributed by atoms with Gasteiger partial charge in [0.1, 0.15) is 23.6 Å². The highest BCUT2D eigenvalue weighted by atomic mass is 16.5. The summed E-state index contributed by atoms with van der Waals surface area (Å²) >= 11 is 0. The largest absolute Gasteiger partial charge is 0.496 e. The third-order valence-corrected chi connectivity index (χ3v) is 5.34. The SMILES string of the molecule is COc1cccc2c1cc1c(=O)n(CC(=O)NCC(C)c3ccccc3)nc(C)n12. The van der Waals surface area contributed by atoms with Gasteiger partial charge in [0.2, 0.25) is 5.91 Å². The molecule has 30 heavy (non-hydrogen) atoms. The highest BCUT2D eigenvalue weighted by Crippen LogP contribution is 2.28. The van der Waals surface area contributed by atoms with Crippen molar-refractivity contribution in [1.82, 2.24) is 19.5 Å². The van der Waals surface area contributed by atoms with Gasteiger partial charge in [-0.3, -0.25) is 14.0 Å². The zero-order valence-corrected chi connectivity index (χ0v) is 17.3. The van der Waals surface area contributed by atoms with Crippen molar-refractivity contribution in [2.75, 3.05) is 13.7 Å². The highest BCUT2D eigenvalue weighted by Gasteiger charge is 2.16. The van der Waals surface area contributed by atoms with Crippen molar-refractivity contribution < 1.29 is 9.53 Å². The van der Waals surface area contributed by atoms with Gasteiger partial charge in [-0.15, -0.1) is 0 Å². The number of hydrogen-bond acceptors (Lipinski definition) is 4. The molecule has 0 aliphatic heterocycles. The van der Waals surface area contributed by atoms with Gasteiger partial charge in [-0.1, -0.05) is 43.3 Å². The Morgan fingerprint density at radius 3 is 2.63 bits per heavy atom. The smallest absolute Gasteiger partial charge is 0.291 e. The van der Waals surface area contributed by atoms with Crippen LogP contribution in [0.2, 0.25) is 0 Å². The molecular formula is C23H24N4O3. The lowest BCUT2D eigenvalue weighted by Gasteiger charge is -2.14. The second kappa shape index (κ2) is 8.02. The molecule has 1 unspecified atom stereocenters.